The van der Waals surface area contributed by atoms with Crippen LogP contribution in [-0.4, -0.2) is 81.2 Å². The number of benzene rings is 1. The van der Waals surface area contributed by atoms with E-state index < -0.39 is 5.97 Å². The van der Waals surface area contributed by atoms with Crippen LogP contribution in [0.1, 0.15) is 17.4 Å². The van der Waals surface area contributed by atoms with Crippen molar-refractivity contribution in [1.29, 1.82) is 0 Å². The van der Waals surface area contributed by atoms with Gasteiger partial charge in [-0.15, -0.1) is 0 Å². The van der Waals surface area contributed by atoms with Crippen molar-refractivity contribution in [3.05, 3.63) is 17.8 Å². The number of rotatable bonds is 7. The second-order valence-corrected chi connectivity index (χ2v) is 7.55. The number of ether oxygens (including phenoxy) is 3. The maximum atomic E-state index is 12.8. The Morgan fingerprint density at radius 2 is 1.87 bits per heavy atom. The van der Waals surface area contributed by atoms with Crippen LogP contribution >= 0.6 is 0 Å². The van der Waals surface area contributed by atoms with Gasteiger partial charge in [-0.05, 0) is 13.0 Å². The number of piperazine rings is 1. The van der Waals surface area contributed by atoms with E-state index in [1.165, 1.54) is 9.80 Å². The van der Waals surface area contributed by atoms with E-state index in [0.717, 1.165) is 32.7 Å². The average Bonchev–Trinajstić information content (AvgIpc) is 3.32. The van der Waals surface area contributed by atoms with Crippen molar-refractivity contribution in [3.8, 4) is 11.5 Å². The van der Waals surface area contributed by atoms with Crippen molar-refractivity contribution in [2.45, 2.75) is 6.92 Å². The molecule has 1 aromatic carbocycles. The van der Waals surface area contributed by atoms with Crippen molar-refractivity contribution >= 4 is 28.5 Å². The number of fused-ring (bicyclic) bond motifs is 2. The lowest BCUT2D eigenvalue weighted by Crippen LogP contribution is -3.28. The lowest BCUT2D eigenvalue weighted by atomic mass is 10.2. The molecule has 5 N–H and O–H groups in total. The highest BCUT2D eigenvalue weighted by Gasteiger charge is 2.27. The number of esters is 1. The van der Waals surface area contributed by atoms with Gasteiger partial charge in [0.1, 0.15) is 38.4 Å². The van der Waals surface area contributed by atoms with Gasteiger partial charge >= 0.3 is 5.97 Å². The SMILES string of the molecule is CCOC(=O)c1[nH]c2cc3c(cc2c1NC(=O)C[NH+]1CC[NH+](CCO)CC1)OCO3. The van der Waals surface area contributed by atoms with Crippen molar-refractivity contribution in [2.24, 2.45) is 0 Å². The van der Waals surface area contributed by atoms with E-state index in [-0.39, 0.29) is 31.6 Å². The van der Waals surface area contributed by atoms with Crippen LogP contribution < -0.4 is 24.6 Å². The molecule has 1 fully saturated rings. The number of nitrogens with one attached hydrogen (secondary N) is 4. The first-order valence-electron chi connectivity index (χ1n) is 10.3. The Morgan fingerprint density at radius 3 is 2.57 bits per heavy atom. The number of hydrogen-bond acceptors (Lipinski definition) is 6. The lowest BCUT2D eigenvalue weighted by molar-refractivity contribution is -1.01. The second-order valence-electron chi connectivity index (χ2n) is 7.55. The van der Waals surface area contributed by atoms with E-state index in [4.69, 9.17) is 19.3 Å². The van der Waals surface area contributed by atoms with E-state index in [0.29, 0.717) is 34.6 Å². The fourth-order valence-electron chi connectivity index (χ4n) is 4.02. The molecule has 4 rings (SSSR count). The van der Waals surface area contributed by atoms with E-state index in [2.05, 4.69) is 10.3 Å². The van der Waals surface area contributed by atoms with E-state index >= 15 is 0 Å². The number of aromatic nitrogens is 1. The predicted molar refractivity (Wildman–Crippen MR) is 107 cm³/mol. The molecule has 0 saturated carbocycles. The molecule has 0 unspecified atom stereocenters. The second kappa shape index (κ2) is 8.90. The van der Waals surface area contributed by atoms with Crippen molar-refractivity contribution in [3.63, 3.8) is 0 Å². The number of carbonyl (C=O) groups is 2. The summed E-state index contributed by atoms with van der Waals surface area (Å²) in [5, 5.41) is 12.7. The summed E-state index contributed by atoms with van der Waals surface area (Å²) in [5.74, 6) is 0.463. The highest BCUT2D eigenvalue weighted by Crippen LogP contribution is 2.39. The third kappa shape index (κ3) is 4.20. The molecule has 0 bridgehead atoms. The fraction of sp³-hybridized carbons (Fsp3) is 0.500. The predicted octanol–water partition coefficient (Wildman–Crippen LogP) is -2.21. The van der Waals surface area contributed by atoms with E-state index in [1.807, 2.05) is 0 Å². The third-order valence-corrected chi connectivity index (χ3v) is 5.58. The van der Waals surface area contributed by atoms with Gasteiger partial charge in [-0.1, -0.05) is 0 Å². The van der Waals surface area contributed by atoms with Gasteiger partial charge in [0.25, 0.3) is 5.91 Å². The van der Waals surface area contributed by atoms with Gasteiger partial charge in [-0.25, -0.2) is 4.79 Å². The summed E-state index contributed by atoms with van der Waals surface area (Å²) in [6.45, 7) is 6.91. The molecular weight excluding hydrogens is 392 g/mol. The first-order valence-corrected chi connectivity index (χ1v) is 10.3. The Balaban J connectivity index is 1.52. The highest BCUT2D eigenvalue weighted by molar-refractivity contribution is 6.11. The van der Waals surface area contributed by atoms with Gasteiger partial charge < -0.3 is 39.4 Å². The van der Waals surface area contributed by atoms with Crippen LogP contribution in [0.2, 0.25) is 0 Å². The highest BCUT2D eigenvalue weighted by atomic mass is 16.7. The molecule has 2 aliphatic heterocycles. The number of H-pyrrole nitrogens is 1. The molecule has 0 atom stereocenters. The van der Waals surface area contributed by atoms with Crippen molar-refractivity contribution in [2.75, 3.05) is 64.6 Å². The van der Waals surface area contributed by atoms with Gasteiger partial charge in [0, 0.05) is 11.5 Å². The summed E-state index contributed by atoms with van der Waals surface area (Å²) in [6.07, 6.45) is 0. The number of aliphatic hydroxyl groups excluding tert-OH is 1. The molecule has 0 spiro atoms. The van der Waals surface area contributed by atoms with Crippen LogP contribution in [0.4, 0.5) is 5.69 Å². The smallest absolute Gasteiger partial charge is 0.356 e. The molecule has 1 saturated heterocycles. The van der Waals surface area contributed by atoms with E-state index in [1.54, 1.807) is 19.1 Å². The maximum Gasteiger partial charge on any atom is 0.356 e. The molecule has 1 amide bonds. The van der Waals surface area contributed by atoms with Gasteiger partial charge in [-0.3, -0.25) is 4.79 Å². The molecule has 30 heavy (non-hydrogen) atoms. The van der Waals surface area contributed by atoms with Crippen molar-refractivity contribution in [1.82, 2.24) is 4.98 Å². The van der Waals surface area contributed by atoms with Gasteiger partial charge in [0.05, 0.1) is 24.4 Å². The molecule has 0 aliphatic carbocycles. The van der Waals surface area contributed by atoms with Crippen LogP contribution in [0.15, 0.2) is 12.1 Å². The van der Waals surface area contributed by atoms with Crippen LogP contribution in [0.25, 0.3) is 10.9 Å². The standard InChI is InChI=1S/C20H26N4O6/c1-2-28-20(27)19-18(13-9-15-16(30-12-29-15)10-14(13)21-19)22-17(26)11-24-5-3-23(4-6-24)7-8-25/h9-10,21,25H,2-8,11-12H2,1H3,(H,22,26)/p+2. The summed E-state index contributed by atoms with van der Waals surface area (Å²) < 4.78 is 16.0. The lowest BCUT2D eigenvalue weighted by Gasteiger charge is -2.28. The first-order chi connectivity index (χ1) is 14.6. The zero-order chi connectivity index (χ0) is 21.1. The third-order valence-electron chi connectivity index (χ3n) is 5.58. The molecule has 162 valence electrons. The number of hydrogen-bond donors (Lipinski definition) is 5. The number of anilines is 1. The number of quaternary nitrogens is 2. The minimum atomic E-state index is -0.528. The molecule has 0 radical (unpaired) electrons. The monoisotopic (exact) mass is 420 g/mol. The quantitative estimate of drug-likeness (QED) is 0.324. The summed E-state index contributed by atoms with van der Waals surface area (Å²) in [6, 6.07) is 3.51. The van der Waals surface area contributed by atoms with Crippen LogP contribution in [-0.2, 0) is 9.53 Å². The Labute approximate surface area is 173 Å². The van der Waals surface area contributed by atoms with E-state index in [9.17, 15) is 9.59 Å². The maximum absolute atomic E-state index is 12.8. The van der Waals surface area contributed by atoms with Crippen LogP contribution in [0, 0.1) is 0 Å². The zero-order valence-corrected chi connectivity index (χ0v) is 17.0. The Kier molecular flexibility index (Phi) is 6.07. The van der Waals surface area contributed by atoms with Crippen molar-refractivity contribution < 1.29 is 38.7 Å². The normalized spacial score (nSPS) is 20.3. The molecule has 2 aliphatic rings. The zero-order valence-electron chi connectivity index (χ0n) is 17.0. The molecule has 10 heteroatoms. The van der Waals surface area contributed by atoms with Crippen LogP contribution in [0.3, 0.4) is 0 Å². The molecule has 2 aromatic rings. The Bertz CT molecular complexity index is 935. The van der Waals surface area contributed by atoms with Gasteiger partial charge in [0.15, 0.2) is 18.0 Å². The largest absolute Gasteiger partial charge is 0.461 e. The Hall–Kier alpha value is -2.82. The summed E-state index contributed by atoms with van der Waals surface area (Å²) in [4.78, 5) is 30.9. The van der Waals surface area contributed by atoms with Gasteiger partial charge in [0.2, 0.25) is 6.79 Å². The topological polar surface area (TPSA) is 119 Å². The number of aromatic amines is 1. The summed E-state index contributed by atoms with van der Waals surface area (Å²) >= 11 is 0. The van der Waals surface area contributed by atoms with Crippen LogP contribution in [0.5, 0.6) is 11.5 Å². The molecule has 1 aromatic heterocycles. The van der Waals surface area contributed by atoms with Gasteiger partial charge in [-0.2, -0.15) is 0 Å². The first kappa shape index (κ1) is 20.5. The minimum Gasteiger partial charge on any atom is -0.461 e. The molecular formula is C20H28N4O6+2. The average molecular weight is 420 g/mol. The molecule has 10 nitrogen and oxygen atoms in total. The number of amides is 1. The number of aliphatic hydroxyl groups is 1. The molecule has 3 heterocycles. The Morgan fingerprint density at radius 1 is 1.17 bits per heavy atom. The minimum absolute atomic E-state index is 0.141. The summed E-state index contributed by atoms with van der Waals surface area (Å²) in [5.41, 5.74) is 1.26. The summed E-state index contributed by atoms with van der Waals surface area (Å²) in [7, 11) is 0. The fourth-order valence-corrected chi connectivity index (χ4v) is 4.02. The number of carbonyl (C=O) groups excluding carboxylic acids is 2.